The summed E-state index contributed by atoms with van der Waals surface area (Å²) in [5.74, 6) is 1.77. The van der Waals surface area contributed by atoms with Gasteiger partial charge in [-0.1, -0.05) is 25.5 Å². The Kier molecular flexibility index (Phi) is 5.81. The molecule has 0 aliphatic carbocycles. The van der Waals surface area contributed by atoms with Gasteiger partial charge in [-0.15, -0.1) is 12.6 Å². The monoisotopic (exact) mass is 288 g/mol. The second-order valence-electron chi connectivity index (χ2n) is 4.63. The summed E-state index contributed by atoms with van der Waals surface area (Å²) in [7, 11) is 0. The third-order valence-corrected chi connectivity index (χ3v) is 3.23. The van der Waals surface area contributed by atoms with Crippen LogP contribution >= 0.6 is 12.6 Å². The van der Waals surface area contributed by atoms with E-state index >= 15 is 0 Å². The summed E-state index contributed by atoms with van der Waals surface area (Å²) >= 11 is 4.25. The molecule has 0 aliphatic heterocycles. The van der Waals surface area contributed by atoms with Crippen molar-refractivity contribution in [2.75, 3.05) is 6.61 Å². The fraction of sp³-hybridized carbons (Fsp3) is 0.294. The lowest BCUT2D eigenvalue weighted by atomic mass is 10.2. The summed E-state index contributed by atoms with van der Waals surface area (Å²) in [6.07, 6.45) is 2.24. The third-order valence-electron chi connectivity index (χ3n) is 2.93. The van der Waals surface area contributed by atoms with Crippen LogP contribution in [-0.4, -0.2) is 6.61 Å². The van der Waals surface area contributed by atoms with Crippen LogP contribution in [0.1, 0.15) is 25.3 Å². The van der Waals surface area contributed by atoms with E-state index in [-0.39, 0.29) is 0 Å². The van der Waals surface area contributed by atoms with Crippen molar-refractivity contribution < 1.29 is 9.47 Å². The molecule has 0 heterocycles. The second-order valence-corrected chi connectivity index (χ2v) is 5.14. The van der Waals surface area contributed by atoms with Crippen LogP contribution in [0.15, 0.2) is 53.4 Å². The first-order valence-electron chi connectivity index (χ1n) is 6.91. The molecule has 0 fully saturated rings. The minimum atomic E-state index is 0.557. The molecule has 2 nitrogen and oxygen atoms in total. The highest BCUT2D eigenvalue weighted by Crippen LogP contribution is 2.17. The number of hydrogen-bond donors (Lipinski definition) is 1. The number of benzene rings is 2. The van der Waals surface area contributed by atoms with Gasteiger partial charge in [0.2, 0.25) is 0 Å². The van der Waals surface area contributed by atoms with Gasteiger partial charge in [0.1, 0.15) is 18.1 Å². The van der Waals surface area contributed by atoms with Gasteiger partial charge in [-0.05, 0) is 48.4 Å². The van der Waals surface area contributed by atoms with E-state index in [4.69, 9.17) is 9.47 Å². The molecule has 106 valence electrons. The minimum Gasteiger partial charge on any atom is -0.494 e. The van der Waals surface area contributed by atoms with Gasteiger partial charge in [-0.3, -0.25) is 0 Å². The Hall–Kier alpha value is -1.61. The lowest BCUT2D eigenvalue weighted by Crippen LogP contribution is -1.98. The van der Waals surface area contributed by atoms with Gasteiger partial charge in [0.25, 0.3) is 0 Å². The number of rotatable bonds is 7. The zero-order chi connectivity index (χ0) is 14.2. The molecule has 0 bridgehead atoms. The Balaban J connectivity index is 1.82. The Morgan fingerprint density at radius 2 is 1.45 bits per heavy atom. The number of hydrogen-bond acceptors (Lipinski definition) is 3. The van der Waals surface area contributed by atoms with Gasteiger partial charge in [-0.25, -0.2) is 0 Å². The highest BCUT2D eigenvalue weighted by Gasteiger charge is 1.98. The maximum absolute atomic E-state index is 5.71. The van der Waals surface area contributed by atoms with Crippen LogP contribution in [0, 0.1) is 0 Å². The first kappa shape index (κ1) is 14.8. The topological polar surface area (TPSA) is 18.5 Å². The molecule has 0 radical (unpaired) electrons. The van der Waals surface area contributed by atoms with E-state index in [0.29, 0.717) is 6.61 Å². The Morgan fingerprint density at radius 1 is 0.850 bits per heavy atom. The largest absolute Gasteiger partial charge is 0.494 e. The summed E-state index contributed by atoms with van der Waals surface area (Å²) < 4.78 is 11.3. The highest BCUT2D eigenvalue weighted by molar-refractivity contribution is 7.80. The SMILES string of the molecule is CCCCOc1ccc(COc2ccc(S)cc2)cc1. The van der Waals surface area contributed by atoms with Crippen LogP contribution in [0.5, 0.6) is 11.5 Å². The molecule has 20 heavy (non-hydrogen) atoms. The maximum atomic E-state index is 5.71. The van der Waals surface area contributed by atoms with Crippen LogP contribution in [0.25, 0.3) is 0 Å². The number of ether oxygens (including phenoxy) is 2. The predicted molar refractivity (Wildman–Crippen MR) is 84.9 cm³/mol. The summed E-state index contributed by atoms with van der Waals surface area (Å²) in [5.41, 5.74) is 1.13. The Bertz CT molecular complexity index is 506. The summed E-state index contributed by atoms with van der Waals surface area (Å²) in [4.78, 5) is 0.936. The maximum Gasteiger partial charge on any atom is 0.119 e. The van der Waals surface area contributed by atoms with Crippen LogP contribution in [0.4, 0.5) is 0 Å². The second kappa shape index (κ2) is 7.85. The van der Waals surface area contributed by atoms with Crippen molar-refractivity contribution in [2.45, 2.75) is 31.3 Å². The molecule has 0 N–H and O–H groups in total. The van der Waals surface area contributed by atoms with Crippen LogP contribution in [0.3, 0.4) is 0 Å². The lowest BCUT2D eigenvalue weighted by Gasteiger charge is -2.08. The summed E-state index contributed by atoms with van der Waals surface area (Å²) in [6, 6.07) is 15.7. The van der Waals surface area contributed by atoms with Gasteiger partial charge in [0.05, 0.1) is 6.61 Å². The summed E-state index contributed by atoms with van der Waals surface area (Å²) in [6.45, 7) is 3.49. The molecule has 2 aromatic rings. The smallest absolute Gasteiger partial charge is 0.119 e. The zero-order valence-corrected chi connectivity index (χ0v) is 12.6. The molecule has 0 aliphatic rings. The van der Waals surface area contributed by atoms with E-state index < -0.39 is 0 Å². The fourth-order valence-corrected chi connectivity index (χ4v) is 1.87. The van der Waals surface area contributed by atoms with Gasteiger partial charge in [-0.2, -0.15) is 0 Å². The van der Waals surface area contributed by atoms with Gasteiger partial charge in [0.15, 0.2) is 0 Å². The molecule has 2 aromatic carbocycles. The molecule has 0 saturated carbocycles. The summed E-state index contributed by atoms with van der Waals surface area (Å²) in [5, 5.41) is 0. The van der Waals surface area contributed by atoms with E-state index in [1.165, 1.54) is 0 Å². The van der Waals surface area contributed by atoms with Crippen molar-refractivity contribution in [1.29, 1.82) is 0 Å². The first-order chi connectivity index (χ1) is 9.78. The average molecular weight is 288 g/mol. The molecule has 2 rings (SSSR count). The van der Waals surface area contributed by atoms with Crippen molar-refractivity contribution in [3.05, 3.63) is 54.1 Å². The molecular formula is C17H20O2S. The van der Waals surface area contributed by atoms with Crippen LogP contribution in [-0.2, 0) is 6.61 Å². The molecule has 3 heteroatoms. The number of thiol groups is 1. The fourth-order valence-electron chi connectivity index (χ4n) is 1.73. The normalized spacial score (nSPS) is 10.3. The average Bonchev–Trinajstić information content (AvgIpc) is 2.48. The molecule has 0 amide bonds. The standard InChI is InChI=1S/C17H20O2S/c1-2-3-12-18-15-6-4-14(5-7-15)13-19-16-8-10-17(20)11-9-16/h4-11,20H,2-3,12-13H2,1H3. The van der Waals surface area contributed by atoms with E-state index in [1.54, 1.807) is 0 Å². The van der Waals surface area contributed by atoms with Crippen molar-refractivity contribution in [1.82, 2.24) is 0 Å². The molecule has 0 unspecified atom stereocenters. The Labute approximate surface area is 126 Å². The minimum absolute atomic E-state index is 0.557. The zero-order valence-electron chi connectivity index (χ0n) is 11.7. The molecule has 0 spiro atoms. The molecule has 0 saturated heterocycles. The van der Waals surface area contributed by atoms with E-state index in [1.807, 2.05) is 48.5 Å². The quantitative estimate of drug-likeness (QED) is 0.586. The van der Waals surface area contributed by atoms with Crippen LogP contribution < -0.4 is 9.47 Å². The van der Waals surface area contributed by atoms with Crippen LogP contribution in [0.2, 0.25) is 0 Å². The number of unbranched alkanes of at least 4 members (excludes halogenated alkanes) is 1. The highest BCUT2D eigenvalue weighted by atomic mass is 32.1. The van der Waals surface area contributed by atoms with Gasteiger partial charge < -0.3 is 9.47 Å². The van der Waals surface area contributed by atoms with Crippen molar-refractivity contribution in [3.8, 4) is 11.5 Å². The van der Waals surface area contributed by atoms with E-state index in [0.717, 1.165) is 41.4 Å². The molecule has 0 atom stereocenters. The van der Waals surface area contributed by atoms with Gasteiger partial charge >= 0.3 is 0 Å². The molecule has 0 aromatic heterocycles. The third kappa shape index (κ3) is 4.82. The van der Waals surface area contributed by atoms with Crippen molar-refractivity contribution in [2.24, 2.45) is 0 Å². The Morgan fingerprint density at radius 3 is 2.10 bits per heavy atom. The first-order valence-corrected chi connectivity index (χ1v) is 7.36. The van der Waals surface area contributed by atoms with Crippen molar-refractivity contribution >= 4 is 12.6 Å². The molecular weight excluding hydrogens is 268 g/mol. The van der Waals surface area contributed by atoms with E-state index in [9.17, 15) is 0 Å². The van der Waals surface area contributed by atoms with Gasteiger partial charge in [0, 0.05) is 4.90 Å². The lowest BCUT2D eigenvalue weighted by molar-refractivity contribution is 0.302. The van der Waals surface area contributed by atoms with E-state index in [2.05, 4.69) is 19.6 Å². The van der Waals surface area contributed by atoms with Crippen molar-refractivity contribution in [3.63, 3.8) is 0 Å². The predicted octanol–water partition coefficient (Wildman–Crippen LogP) is 4.73.